The first-order valence-corrected chi connectivity index (χ1v) is 11.6. The zero-order valence-electron chi connectivity index (χ0n) is 19.6. The molecule has 34 heavy (non-hydrogen) atoms. The normalized spacial score (nSPS) is 11.8. The Balaban J connectivity index is 1.60. The second-order valence-electron chi connectivity index (χ2n) is 8.12. The van der Waals surface area contributed by atoms with E-state index in [0.29, 0.717) is 13.1 Å². The summed E-state index contributed by atoms with van der Waals surface area (Å²) in [5.74, 6) is -1.73. The van der Waals surface area contributed by atoms with Crippen LogP contribution in [0.2, 0.25) is 0 Å². The van der Waals surface area contributed by atoms with Crippen LogP contribution < -0.4 is 4.90 Å². The van der Waals surface area contributed by atoms with Gasteiger partial charge in [-0.3, -0.25) is 14.3 Å². The van der Waals surface area contributed by atoms with Gasteiger partial charge in [0, 0.05) is 18.1 Å². The molecule has 0 bridgehead atoms. The van der Waals surface area contributed by atoms with E-state index in [1.165, 1.54) is 0 Å². The number of esters is 1. The smallest absolute Gasteiger partial charge is 0.318 e. The maximum absolute atomic E-state index is 13.7. The van der Waals surface area contributed by atoms with Crippen molar-refractivity contribution in [1.82, 2.24) is 9.78 Å². The summed E-state index contributed by atoms with van der Waals surface area (Å²) in [7, 11) is 0. The number of ether oxygens (including phenoxy) is 1. The van der Waals surface area contributed by atoms with Gasteiger partial charge in [-0.05, 0) is 42.8 Å². The molecule has 6 nitrogen and oxygen atoms in total. The Morgan fingerprint density at radius 2 is 1.68 bits per heavy atom. The van der Waals surface area contributed by atoms with Gasteiger partial charge in [0.15, 0.2) is 0 Å². The van der Waals surface area contributed by atoms with Crippen LogP contribution in [0.3, 0.4) is 0 Å². The number of nitrogens with zero attached hydrogens (tertiary/aromatic N) is 3. The minimum absolute atomic E-state index is 0.219. The largest absolute Gasteiger partial charge is 0.465 e. The number of hydrogen-bond donors (Lipinski definition) is 0. The molecule has 0 spiro atoms. The Labute approximate surface area is 199 Å². The Bertz CT molecular complexity index is 1260. The molecule has 4 aromatic rings. The van der Waals surface area contributed by atoms with E-state index in [-0.39, 0.29) is 18.9 Å². The van der Waals surface area contributed by atoms with Gasteiger partial charge in [0.2, 0.25) is 5.91 Å². The van der Waals surface area contributed by atoms with E-state index in [1.54, 1.807) is 18.0 Å². The van der Waals surface area contributed by atoms with Gasteiger partial charge in [0.1, 0.15) is 5.92 Å². The number of anilines is 1. The minimum atomic E-state index is -0.951. The summed E-state index contributed by atoms with van der Waals surface area (Å²) in [5.41, 5.74) is 2.74. The van der Waals surface area contributed by atoms with Gasteiger partial charge in [0.05, 0.1) is 25.0 Å². The van der Waals surface area contributed by atoms with Crippen molar-refractivity contribution < 1.29 is 14.3 Å². The van der Waals surface area contributed by atoms with Crippen LogP contribution in [0.15, 0.2) is 85.2 Å². The molecule has 0 aliphatic heterocycles. The summed E-state index contributed by atoms with van der Waals surface area (Å²) in [5, 5.41) is 6.45. The van der Waals surface area contributed by atoms with Crippen LogP contribution in [0.4, 0.5) is 5.69 Å². The molecule has 6 heteroatoms. The highest BCUT2D eigenvalue weighted by atomic mass is 16.5. The van der Waals surface area contributed by atoms with Gasteiger partial charge in [-0.2, -0.15) is 5.10 Å². The Kier molecular flexibility index (Phi) is 7.38. The molecule has 1 amide bonds. The van der Waals surface area contributed by atoms with E-state index in [2.05, 4.69) is 5.10 Å². The van der Waals surface area contributed by atoms with Crippen LogP contribution in [0.5, 0.6) is 0 Å². The lowest BCUT2D eigenvalue weighted by atomic mass is 9.98. The summed E-state index contributed by atoms with van der Waals surface area (Å²) in [6.07, 6.45) is 3.84. The number of aromatic nitrogens is 2. The Morgan fingerprint density at radius 3 is 2.44 bits per heavy atom. The SMILES string of the molecule is CCOC(=O)C(Cc1cnn(Cc2ccccc2)c1)C(=O)N(CC)c1cccc2ccccc12. The summed E-state index contributed by atoms with van der Waals surface area (Å²) < 4.78 is 7.12. The first-order valence-electron chi connectivity index (χ1n) is 11.6. The number of fused-ring (bicyclic) bond motifs is 1. The van der Waals surface area contributed by atoms with Crippen LogP contribution in [0.1, 0.15) is 25.0 Å². The van der Waals surface area contributed by atoms with E-state index in [0.717, 1.165) is 27.6 Å². The third kappa shape index (κ3) is 5.17. The molecule has 1 aromatic heterocycles. The Morgan fingerprint density at radius 1 is 0.941 bits per heavy atom. The first-order chi connectivity index (χ1) is 16.6. The lowest BCUT2D eigenvalue weighted by Crippen LogP contribution is -2.41. The van der Waals surface area contributed by atoms with Crippen LogP contribution in [-0.2, 0) is 27.3 Å². The lowest BCUT2D eigenvalue weighted by molar-refractivity contribution is -0.151. The third-order valence-electron chi connectivity index (χ3n) is 5.82. The molecule has 1 atom stereocenters. The van der Waals surface area contributed by atoms with Crippen molar-refractivity contribution in [3.05, 3.63) is 96.3 Å². The van der Waals surface area contributed by atoms with Crippen molar-refractivity contribution in [3.63, 3.8) is 0 Å². The summed E-state index contributed by atoms with van der Waals surface area (Å²) >= 11 is 0. The average Bonchev–Trinajstić information content (AvgIpc) is 3.30. The lowest BCUT2D eigenvalue weighted by Gasteiger charge is -2.26. The molecular weight excluding hydrogens is 426 g/mol. The molecule has 0 aliphatic carbocycles. The fourth-order valence-electron chi connectivity index (χ4n) is 4.20. The Hall–Kier alpha value is -3.93. The van der Waals surface area contributed by atoms with Crippen LogP contribution in [0.25, 0.3) is 10.8 Å². The highest BCUT2D eigenvalue weighted by molar-refractivity contribution is 6.10. The van der Waals surface area contributed by atoms with Gasteiger partial charge in [-0.25, -0.2) is 0 Å². The fourth-order valence-corrected chi connectivity index (χ4v) is 4.20. The van der Waals surface area contributed by atoms with Crippen molar-refractivity contribution in [2.75, 3.05) is 18.1 Å². The number of benzene rings is 3. The molecule has 4 rings (SSSR count). The number of carbonyl (C=O) groups excluding carboxylic acids is 2. The maximum Gasteiger partial charge on any atom is 0.318 e. The van der Waals surface area contributed by atoms with E-state index in [4.69, 9.17) is 4.74 Å². The van der Waals surface area contributed by atoms with Crippen molar-refractivity contribution in [1.29, 1.82) is 0 Å². The standard InChI is InChI=1S/C28H29N3O3/c1-3-31(26-16-10-14-23-13-8-9-15-24(23)26)27(32)25(28(33)34-4-2)17-22-18-29-30(20-22)19-21-11-6-5-7-12-21/h5-16,18,20,25H,3-4,17,19H2,1-2H3. The fraction of sp³-hybridized carbons (Fsp3) is 0.250. The second kappa shape index (κ2) is 10.8. The van der Waals surface area contributed by atoms with Gasteiger partial charge in [-0.1, -0.05) is 66.7 Å². The molecule has 0 fully saturated rings. The monoisotopic (exact) mass is 455 g/mol. The maximum atomic E-state index is 13.7. The van der Waals surface area contributed by atoms with Gasteiger partial charge >= 0.3 is 5.97 Å². The second-order valence-corrected chi connectivity index (χ2v) is 8.12. The predicted octanol–water partition coefficient (Wildman–Crippen LogP) is 4.86. The molecule has 0 radical (unpaired) electrons. The number of rotatable bonds is 9. The topological polar surface area (TPSA) is 64.4 Å². The summed E-state index contributed by atoms with van der Waals surface area (Å²) in [6, 6.07) is 23.8. The summed E-state index contributed by atoms with van der Waals surface area (Å²) in [4.78, 5) is 28.3. The molecule has 0 aliphatic rings. The van der Waals surface area contributed by atoms with Crippen molar-refractivity contribution in [2.45, 2.75) is 26.8 Å². The van der Waals surface area contributed by atoms with Crippen LogP contribution >= 0.6 is 0 Å². The van der Waals surface area contributed by atoms with Gasteiger partial charge in [0.25, 0.3) is 0 Å². The predicted molar refractivity (Wildman–Crippen MR) is 134 cm³/mol. The molecule has 0 saturated heterocycles. The average molecular weight is 456 g/mol. The zero-order valence-corrected chi connectivity index (χ0v) is 19.6. The third-order valence-corrected chi connectivity index (χ3v) is 5.82. The molecular formula is C28H29N3O3. The quantitative estimate of drug-likeness (QED) is 0.267. The highest BCUT2D eigenvalue weighted by Crippen LogP contribution is 2.28. The number of hydrogen-bond acceptors (Lipinski definition) is 4. The first kappa shape index (κ1) is 23.2. The molecule has 174 valence electrons. The van der Waals surface area contributed by atoms with Crippen LogP contribution in [0, 0.1) is 5.92 Å². The zero-order chi connectivity index (χ0) is 23.9. The van der Waals surface area contributed by atoms with Crippen LogP contribution in [-0.4, -0.2) is 34.8 Å². The van der Waals surface area contributed by atoms with Crippen molar-refractivity contribution in [2.24, 2.45) is 5.92 Å². The van der Waals surface area contributed by atoms with Crippen molar-refractivity contribution >= 4 is 28.3 Å². The number of carbonyl (C=O) groups is 2. The molecule has 0 N–H and O–H groups in total. The molecule has 1 unspecified atom stereocenters. The molecule has 1 heterocycles. The minimum Gasteiger partial charge on any atom is -0.465 e. The molecule has 0 saturated carbocycles. The van der Waals surface area contributed by atoms with Gasteiger partial charge < -0.3 is 9.64 Å². The number of amides is 1. The van der Waals surface area contributed by atoms with E-state index < -0.39 is 11.9 Å². The molecule has 3 aromatic carbocycles. The van der Waals surface area contributed by atoms with Gasteiger partial charge in [-0.15, -0.1) is 0 Å². The van der Waals surface area contributed by atoms with E-state index >= 15 is 0 Å². The van der Waals surface area contributed by atoms with E-state index in [9.17, 15) is 9.59 Å². The van der Waals surface area contributed by atoms with E-state index in [1.807, 2.05) is 90.6 Å². The highest BCUT2D eigenvalue weighted by Gasteiger charge is 2.33. The summed E-state index contributed by atoms with van der Waals surface area (Å²) in [6.45, 7) is 4.95. The van der Waals surface area contributed by atoms with Crippen molar-refractivity contribution in [3.8, 4) is 0 Å².